The third kappa shape index (κ3) is 5.51. The molecule has 28 heavy (non-hydrogen) atoms. The van der Waals surface area contributed by atoms with Gasteiger partial charge >= 0.3 is 0 Å². The van der Waals surface area contributed by atoms with Gasteiger partial charge in [-0.2, -0.15) is 0 Å². The molecule has 1 atom stereocenters. The molecule has 0 radical (unpaired) electrons. The van der Waals surface area contributed by atoms with Crippen LogP contribution in [0.25, 0.3) is 0 Å². The Balaban J connectivity index is 1.55. The third-order valence-electron chi connectivity index (χ3n) is 5.46. The predicted molar refractivity (Wildman–Crippen MR) is 114 cm³/mol. The number of ether oxygens (including phenoxy) is 1. The number of nitrogens with zero attached hydrogens (tertiary/aromatic N) is 2. The number of carbonyl (C=O) groups is 1. The summed E-state index contributed by atoms with van der Waals surface area (Å²) in [6.45, 7) is 10.6. The average Bonchev–Trinajstić information content (AvgIpc) is 2.75. The van der Waals surface area contributed by atoms with Gasteiger partial charge in [0.15, 0.2) is 5.78 Å². The Morgan fingerprint density at radius 2 is 1.57 bits per heavy atom. The van der Waals surface area contributed by atoms with Crippen molar-refractivity contribution in [1.82, 2.24) is 9.80 Å². The number of hydrogen-bond acceptors (Lipinski definition) is 4. The van der Waals surface area contributed by atoms with Crippen molar-refractivity contribution in [2.45, 2.75) is 32.9 Å². The van der Waals surface area contributed by atoms with Crippen molar-refractivity contribution in [2.75, 3.05) is 39.3 Å². The Hall–Kier alpha value is -2.01. The fourth-order valence-corrected chi connectivity index (χ4v) is 3.85. The summed E-state index contributed by atoms with van der Waals surface area (Å²) in [4.78, 5) is 17.2. The summed E-state index contributed by atoms with van der Waals surface area (Å²) in [5.74, 6) is 0.233. The molecule has 150 valence electrons. The van der Waals surface area contributed by atoms with E-state index in [2.05, 4.69) is 47.1 Å². The van der Waals surface area contributed by atoms with Gasteiger partial charge in [-0.05, 0) is 18.1 Å². The second-order valence-corrected chi connectivity index (χ2v) is 7.37. The summed E-state index contributed by atoms with van der Waals surface area (Å²) in [6, 6.07) is 18.6. The molecule has 0 spiro atoms. The van der Waals surface area contributed by atoms with Gasteiger partial charge in [-0.15, -0.1) is 0 Å². The highest BCUT2D eigenvalue weighted by molar-refractivity contribution is 5.97. The van der Waals surface area contributed by atoms with Gasteiger partial charge in [0.05, 0.1) is 6.10 Å². The van der Waals surface area contributed by atoms with Crippen LogP contribution in [0.2, 0.25) is 0 Å². The molecule has 0 amide bonds. The van der Waals surface area contributed by atoms with E-state index in [1.165, 1.54) is 5.56 Å². The molecule has 0 bridgehead atoms. The summed E-state index contributed by atoms with van der Waals surface area (Å²) in [5, 5.41) is 0. The number of ketones is 1. The molecule has 1 saturated heterocycles. The molecule has 3 rings (SSSR count). The molecule has 1 heterocycles. The first-order chi connectivity index (χ1) is 13.7. The number of piperazine rings is 1. The number of carbonyl (C=O) groups excluding carboxylic acids is 1. The molecule has 1 aliphatic rings. The molecule has 1 fully saturated rings. The Labute approximate surface area is 169 Å². The normalized spacial score (nSPS) is 16.8. The minimum atomic E-state index is 0.126. The minimum absolute atomic E-state index is 0.126. The molecule has 4 nitrogen and oxygen atoms in total. The van der Waals surface area contributed by atoms with Crippen molar-refractivity contribution in [3.63, 3.8) is 0 Å². The first-order valence-electron chi connectivity index (χ1n) is 10.4. The number of rotatable bonds is 9. The van der Waals surface area contributed by atoms with Gasteiger partial charge in [0.25, 0.3) is 0 Å². The van der Waals surface area contributed by atoms with E-state index < -0.39 is 0 Å². The highest BCUT2D eigenvalue weighted by Gasteiger charge is 2.22. The van der Waals surface area contributed by atoms with E-state index in [-0.39, 0.29) is 11.9 Å². The average molecular weight is 381 g/mol. The zero-order chi connectivity index (χ0) is 19.8. The number of Topliss-reactive ketones (excluding diaryl/α,β-unsaturated/α-hetero) is 1. The Bertz CT molecular complexity index is 739. The van der Waals surface area contributed by atoms with Gasteiger partial charge in [-0.25, -0.2) is 0 Å². The van der Waals surface area contributed by atoms with Crippen LogP contribution in [0, 0.1) is 0 Å². The predicted octanol–water partition coefficient (Wildman–Crippen LogP) is 4.17. The lowest BCUT2D eigenvalue weighted by molar-refractivity contribution is 0.0174. The van der Waals surface area contributed by atoms with Gasteiger partial charge in [-0.3, -0.25) is 14.6 Å². The van der Waals surface area contributed by atoms with Gasteiger partial charge in [0, 0.05) is 57.9 Å². The molecule has 0 aromatic heterocycles. The molecule has 1 aliphatic heterocycles. The highest BCUT2D eigenvalue weighted by atomic mass is 16.5. The van der Waals surface area contributed by atoms with Gasteiger partial charge in [-0.1, -0.05) is 61.5 Å². The first kappa shape index (κ1) is 20.7. The van der Waals surface area contributed by atoms with E-state index in [9.17, 15) is 4.79 Å². The van der Waals surface area contributed by atoms with Crippen molar-refractivity contribution in [3.8, 4) is 0 Å². The zero-order valence-electron chi connectivity index (χ0n) is 17.1. The highest BCUT2D eigenvalue weighted by Crippen LogP contribution is 2.20. The molecule has 2 aromatic rings. The summed E-state index contributed by atoms with van der Waals surface area (Å²) in [7, 11) is 0. The van der Waals surface area contributed by atoms with Crippen LogP contribution in [0.5, 0.6) is 0 Å². The largest absolute Gasteiger partial charge is 0.372 e. The summed E-state index contributed by atoms with van der Waals surface area (Å²) < 4.78 is 6.01. The van der Waals surface area contributed by atoms with Crippen molar-refractivity contribution in [1.29, 1.82) is 0 Å². The lowest BCUT2D eigenvalue weighted by Crippen LogP contribution is -2.47. The fourth-order valence-electron chi connectivity index (χ4n) is 3.85. The minimum Gasteiger partial charge on any atom is -0.372 e. The van der Waals surface area contributed by atoms with E-state index in [1.807, 2.05) is 31.2 Å². The smallest absolute Gasteiger partial charge is 0.162 e. The molecule has 4 heteroatoms. The summed E-state index contributed by atoms with van der Waals surface area (Å²) >= 11 is 0. The van der Waals surface area contributed by atoms with Gasteiger partial charge < -0.3 is 4.74 Å². The van der Waals surface area contributed by atoms with Crippen molar-refractivity contribution >= 4 is 5.78 Å². The Morgan fingerprint density at radius 1 is 0.929 bits per heavy atom. The topological polar surface area (TPSA) is 32.8 Å². The first-order valence-corrected chi connectivity index (χ1v) is 10.4. The Kier molecular flexibility index (Phi) is 7.78. The van der Waals surface area contributed by atoms with E-state index in [0.717, 1.165) is 57.0 Å². The van der Waals surface area contributed by atoms with Crippen molar-refractivity contribution < 1.29 is 9.53 Å². The van der Waals surface area contributed by atoms with E-state index >= 15 is 0 Å². The molecule has 0 saturated carbocycles. The zero-order valence-corrected chi connectivity index (χ0v) is 17.1. The molecular formula is C24H32N2O2. The number of benzene rings is 2. The maximum atomic E-state index is 12.2. The monoisotopic (exact) mass is 380 g/mol. The van der Waals surface area contributed by atoms with Crippen molar-refractivity contribution in [2.24, 2.45) is 0 Å². The van der Waals surface area contributed by atoms with Crippen LogP contribution in [-0.2, 0) is 11.3 Å². The van der Waals surface area contributed by atoms with Crippen LogP contribution in [0.15, 0.2) is 54.6 Å². The molecule has 2 aromatic carbocycles. The molecular weight excluding hydrogens is 348 g/mol. The standard InChI is InChI=1S/C24H32N2O2/c1-3-23(27)22-13-9-8-12-21(22)18-25-14-16-26(17-15-25)19-24(28-4-2)20-10-6-5-7-11-20/h5-13,24H,3-4,14-19H2,1-2H3. The van der Waals surface area contributed by atoms with Crippen LogP contribution < -0.4 is 0 Å². The lowest BCUT2D eigenvalue weighted by atomic mass is 10.0. The quantitative estimate of drug-likeness (QED) is 0.611. The van der Waals surface area contributed by atoms with Crippen molar-refractivity contribution in [3.05, 3.63) is 71.3 Å². The lowest BCUT2D eigenvalue weighted by Gasteiger charge is -2.36. The molecule has 0 aliphatic carbocycles. The molecule has 0 N–H and O–H groups in total. The van der Waals surface area contributed by atoms with E-state index in [0.29, 0.717) is 6.42 Å². The van der Waals surface area contributed by atoms with Crippen LogP contribution in [-0.4, -0.2) is 54.9 Å². The fraction of sp³-hybridized carbons (Fsp3) is 0.458. The van der Waals surface area contributed by atoms with Crippen LogP contribution in [0.3, 0.4) is 0 Å². The van der Waals surface area contributed by atoms with Gasteiger partial charge in [0.1, 0.15) is 0 Å². The summed E-state index contributed by atoms with van der Waals surface area (Å²) in [5.41, 5.74) is 3.28. The summed E-state index contributed by atoms with van der Waals surface area (Å²) in [6.07, 6.45) is 0.684. The van der Waals surface area contributed by atoms with Crippen LogP contribution in [0.1, 0.15) is 47.9 Å². The maximum Gasteiger partial charge on any atom is 0.162 e. The second kappa shape index (κ2) is 10.5. The second-order valence-electron chi connectivity index (χ2n) is 7.37. The number of hydrogen-bond donors (Lipinski definition) is 0. The Morgan fingerprint density at radius 3 is 2.25 bits per heavy atom. The SMILES string of the molecule is CCOC(CN1CCN(Cc2ccccc2C(=O)CC)CC1)c1ccccc1. The van der Waals surface area contributed by atoms with E-state index in [4.69, 9.17) is 4.74 Å². The molecule has 1 unspecified atom stereocenters. The van der Waals surface area contributed by atoms with Gasteiger partial charge in [0.2, 0.25) is 0 Å². The van der Waals surface area contributed by atoms with Crippen LogP contribution >= 0.6 is 0 Å². The third-order valence-corrected chi connectivity index (χ3v) is 5.46. The maximum absolute atomic E-state index is 12.2. The van der Waals surface area contributed by atoms with Crippen LogP contribution in [0.4, 0.5) is 0 Å². The van der Waals surface area contributed by atoms with E-state index in [1.54, 1.807) is 0 Å².